The Morgan fingerprint density at radius 1 is 0.361 bits per heavy atom. The highest BCUT2D eigenvalue weighted by Crippen LogP contribution is 2.43. The molecule has 0 aromatic heterocycles. The van der Waals surface area contributed by atoms with Crippen LogP contribution in [0.1, 0.15) is 373 Å². The fourth-order valence-corrected chi connectivity index (χ4v) is 11.6. The van der Waals surface area contributed by atoms with Gasteiger partial charge in [-0.15, -0.1) is 0 Å². The van der Waals surface area contributed by atoms with E-state index in [0.29, 0.717) is 6.42 Å². The largest absolute Gasteiger partial charge is 0.472 e. The summed E-state index contributed by atoms with van der Waals surface area (Å²) in [5, 5.41) is 0. The zero-order chi connectivity index (χ0) is 60.1. The van der Waals surface area contributed by atoms with E-state index in [4.69, 9.17) is 24.3 Å². The van der Waals surface area contributed by atoms with Crippen LogP contribution >= 0.6 is 7.82 Å². The van der Waals surface area contributed by atoms with E-state index in [2.05, 4.69) is 62.5 Å². The highest BCUT2D eigenvalue weighted by molar-refractivity contribution is 7.47. The first kappa shape index (κ1) is 81.0. The Kier molecular flexibility index (Phi) is 67.4. The Balaban J connectivity index is 3.81. The molecule has 0 spiro atoms. The van der Waals surface area contributed by atoms with Crippen molar-refractivity contribution in [2.75, 3.05) is 26.4 Å². The van der Waals surface area contributed by atoms with E-state index in [0.717, 1.165) is 51.4 Å². The lowest BCUT2D eigenvalue weighted by Crippen LogP contribution is -2.29. The monoisotopic (exact) mass is 1190 g/mol. The van der Waals surface area contributed by atoms with Gasteiger partial charge in [-0.05, 0) is 77.0 Å². The molecule has 0 rings (SSSR count). The molecule has 83 heavy (non-hydrogen) atoms. The predicted molar refractivity (Wildman–Crippen MR) is 358 cm³/mol. The van der Waals surface area contributed by atoms with Gasteiger partial charge in [0.15, 0.2) is 6.10 Å². The van der Waals surface area contributed by atoms with Gasteiger partial charge >= 0.3 is 19.8 Å². The number of carbonyl (C=O) groups excluding carboxylic acids is 2. The summed E-state index contributed by atoms with van der Waals surface area (Å²) >= 11 is 0. The van der Waals surface area contributed by atoms with E-state index in [9.17, 15) is 19.0 Å². The smallest absolute Gasteiger partial charge is 0.462 e. The summed E-state index contributed by atoms with van der Waals surface area (Å²) in [6.07, 6.45) is 87.9. The minimum Gasteiger partial charge on any atom is -0.462 e. The molecule has 0 aromatic rings. The summed E-state index contributed by atoms with van der Waals surface area (Å²) in [6, 6.07) is 0. The van der Waals surface area contributed by atoms with Crippen molar-refractivity contribution in [3.8, 4) is 0 Å². The van der Waals surface area contributed by atoms with Crippen LogP contribution in [-0.4, -0.2) is 49.3 Å². The van der Waals surface area contributed by atoms with Crippen molar-refractivity contribution >= 4 is 19.8 Å². The normalized spacial score (nSPS) is 13.2. The number of allylic oxidation sites excluding steroid dienone is 8. The third-order valence-electron chi connectivity index (χ3n) is 16.2. The summed E-state index contributed by atoms with van der Waals surface area (Å²) in [5.41, 5.74) is 5.40. The molecule has 2 unspecified atom stereocenters. The third-order valence-corrected chi connectivity index (χ3v) is 17.2. The minimum atomic E-state index is -4.39. The molecule has 0 radical (unpaired) electrons. The second-order valence-electron chi connectivity index (χ2n) is 24.5. The second-order valence-corrected chi connectivity index (χ2v) is 25.9. The summed E-state index contributed by atoms with van der Waals surface area (Å²) < 4.78 is 33.2. The summed E-state index contributed by atoms with van der Waals surface area (Å²) in [4.78, 5) is 35.4. The molecule has 0 aromatic carbocycles. The van der Waals surface area contributed by atoms with Gasteiger partial charge in [-0.2, -0.15) is 0 Å². The van der Waals surface area contributed by atoms with Gasteiger partial charge in [0, 0.05) is 19.4 Å². The van der Waals surface area contributed by atoms with Gasteiger partial charge in [0.1, 0.15) is 6.61 Å². The highest BCUT2D eigenvalue weighted by Gasteiger charge is 2.26. The van der Waals surface area contributed by atoms with Gasteiger partial charge < -0.3 is 20.1 Å². The Bertz CT molecular complexity index is 1500. The first-order valence-electron chi connectivity index (χ1n) is 36.1. The van der Waals surface area contributed by atoms with Gasteiger partial charge in [0.05, 0.1) is 13.2 Å². The standard InChI is InChI=1S/C73H138NO8P/c1-3-5-7-9-11-13-15-17-19-21-23-25-27-29-31-32-33-34-35-36-37-38-40-41-43-45-47-49-51-53-55-57-59-61-63-65-72(75)79-69-71(70-81-83(77,78)80-68-67-74)82-73(76)66-64-62-60-58-56-54-52-50-48-46-44-42-39-30-28-26-24-22-20-18-16-14-12-10-8-6-4-2/h16,18,21-24,28,30,71H,3-15,17,19-20,25-27,29,31-70,74H2,1-2H3,(H,77,78)/b18-16-,23-21-,24-22-,30-28-. The van der Waals surface area contributed by atoms with E-state index in [1.165, 1.54) is 289 Å². The van der Waals surface area contributed by atoms with E-state index < -0.39 is 26.5 Å². The first-order valence-corrected chi connectivity index (χ1v) is 37.6. The average molecular weight is 1190 g/mol. The van der Waals surface area contributed by atoms with Crippen LogP contribution in [0.25, 0.3) is 0 Å². The van der Waals surface area contributed by atoms with Crippen molar-refractivity contribution in [1.82, 2.24) is 0 Å². The molecule has 0 aliphatic rings. The molecule has 0 heterocycles. The number of nitrogens with two attached hydrogens (primary N) is 1. The lowest BCUT2D eigenvalue weighted by Gasteiger charge is -2.19. The predicted octanol–water partition coefficient (Wildman–Crippen LogP) is 23.6. The van der Waals surface area contributed by atoms with Gasteiger partial charge in [0.2, 0.25) is 0 Å². The fourth-order valence-electron chi connectivity index (χ4n) is 10.8. The van der Waals surface area contributed by atoms with Gasteiger partial charge in [0.25, 0.3) is 0 Å². The number of hydrogen-bond donors (Lipinski definition) is 2. The molecule has 3 N–H and O–H groups in total. The topological polar surface area (TPSA) is 134 Å². The molecule has 0 fully saturated rings. The lowest BCUT2D eigenvalue weighted by molar-refractivity contribution is -0.161. The molecule has 0 saturated carbocycles. The number of hydrogen-bond acceptors (Lipinski definition) is 8. The molecule has 10 heteroatoms. The highest BCUT2D eigenvalue weighted by atomic mass is 31.2. The van der Waals surface area contributed by atoms with Crippen LogP contribution in [0.3, 0.4) is 0 Å². The summed E-state index contributed by atoms with van der Waals surface area (Å²) in [6.45, 7) is 3.79. The molecule has 9 nitrogen and oxygen atoms in total. The van der Waals surface area contributed by atoms with Crippen molar-refractivity contribution < 1.29 is 37.6 Å². The zero-order valence-electron chi connectivity index (χ0n) is 55.0. The minimum absolute atomic E-state index is 0.0541. The number of unbranched alkanes of at least 4 members (excludes halogenated alkanes) is 48. The molecule has 0 saturated heterocycles. The van der Waals surface area contributed by atoms with Crippen LogP contribution in [0, 0.1) is 0 Å². The van der Waals surface area contributed by atoms with Crippen LogP contribution in [-0.2, 0) is 32.7 Å². The van der Waals surface area contributed by atoms with E-state index in [1.54, 1.807) is 0 Å². The van der Waals surface area contributed by atoms with Crippen LogP contribution in [0.5, 0.6) is 0 Å². The number of esters is 2. The average Bonchev–Trinajstić information content (AvgIpc) is 3.48. The van der Waals surface area contributed by atoms with Gasteiger partial charge in [-0.3, -0.25) is 18.6 Å². The van der Waals surface area contributed by atoms with Crippen molar-refractivity contribution in [3.05, 3.63) is 48.6 Å². The Labute approximate surface area is 515 Å². The molecular weight excluding hydrogens is 1050 g/mol. The van der Waals surface area contributed by atoms with Crippen molar-refractivity contribution in [1.29, 1.82) is 0 Å². The number of carbonyl (C=O) groups is 2. The molecule has 0 aliphatic heterocycles. The van der Waals surface area contributed by atoms with Crippen molar-refractivity contribution in [2.45, 2.75) is 380 Å². The molecule has 2 atom stereocenters. The molecule has 488 valence electrons. The van der Waals surface area contributed by atoms with Crippen LogP contribution in [0.4, 0.5) is 0 Å². The maximum atomic E-state index is 12.8. The molecule has 0 amide bonds. The lowest BCUT2D eigenvalue weighted by atomic mass is 10.0. The quantitative estimate of drug-likeness (QED) is 0.0264. The van der Waals surface area contributed by atoms with E-state index in [1.807, 2.05) is 0 Å². The van der Waals surface area contributed by atoms with Crippen molar-refractivity contribution in [2.24, 2.45) is 5.73 Å². The number of rotatable bonds is 69. The number of phosphoric ester groups is 1. The Hall–Kier alpha value is -2.03. The number of phosphoric acid groups is 1. The van der Waals surface area contributed by atoms with E-state index >= 15 is 0 Å². The van der Waals surface area contributed by atoms with Crippen molar-refractivity contribution in [3.63, 3.8) is 0 Å². The summed E-state index contributed by atoms with van der Waals surface area (Å²) in [7, 11) is -4.39. The van der Waals surface area contributed by atoms with E-state index in [-0.39, 0.29) is 38.6 Å². The van der Waals surface area contributed by atoms with Gasteiger partial charge in [-0.25, -0.2) is 4.57 Å². The Morgan fingerprint density at radius 2 is 0.627 bits per heavy atom. The zero-order valence-corrected chi connectivity index (χ0v) is 55.8. The SMILES string of the molecule is CCCCCCC/C=C\C/C=C\C/C=C\CCCCCCCCCCCCCCC(=O)OC(COC(=O)CCCCCCCCCCCCCCCCCCCCCCCCC/C=C\CCCCCCCCCC)COP(=O)(O)OCCN. The second kappa shape index (κ2) is 69.1. The third kappa shape index (κ3) is 68.9. The van der Waals surface area contributed by atoms with Crippen LogP contribution < -0.4 is 5.73 Å². The maximum Gasteiger partial charge on any atom is 0.472 e. The molecule has 0 aliphatic carbocycles. The van der Waals surface area contributed by atoms with Crippen LogP contribution in [0.2, 0.25) is 0 Å². The maximum absolute atomic E-state index is 12.8. The Morgan fingerprint density at radius 3 is 0.940 bits per heavy atom. The fraction of sp³-hybridized carbons (Fsp3) is 0.863. The van der Waals surface area contributed by atoms with Crippen LogP contribution in [0.15, 0.2) is 48.6 Å². The summed E-state index contributed by atoms with van der Waals surface area (Å²) in [5.74, 6) is -0.811. The molecular formula is C73H138NO8P. The first-order chi connectivity index (χ1) is 40.8. The van der Waals surface area contributed by atoms with Gasteiger partial charge in [-0.1, -0.05) is 332 Å². The number of ether oxygens (including phenoxy) is 2. The molecule has 0 bridgehead atoms.